The quantitative estimate of drug-likeness (QED) is 0.386. The lowest BCUT2D eigenvalue weighted by Gasteiger charge is -2.25. The molecule has 0 bridgehead atoms. The molecular formula is C29H28N2O3. The molecule has 1 aromatic heterocycles. The van der Waals surface area contributed by atoms with Crippen molar-refractivity contribution in [2.45, 2.75) is 44.6 Å². The van der Waals surface area contributed by atoms with Gasteiger partial charge < -0.3 is 15.4 Å². The van der Waals surface area contributed by atoms with Gasteiger partial charge in [0, 0.05) is 23.2 Å². The van der Waals surface area contributed by atoms with Crippen LogP contribution in [-0.2, 0) is 19.4 Å². The minimum Gasteiger partial charge on any atom is -0.478 e. The van der Waals surface area contributed by atoms with Gasteiger partial charge in [0.15, 0.2) is 0 Å². The average Bonchev–Trinajstić information content (AvgIpc) is 3.17. The number of primary amides is 1. The van der Waals surface area contributed by atoms with Gasteiger partial charge in [-0.3, -0.25) is 4.79 Å². The molecule has 0 saturated heterocycles. The summed E-state index contributed by atoms with van der Waals surface area (Å²) in [5.74, 6) is -1.00. The maximum Gasteiger partial charge on any atom is 0.337 e. The maximum atomic E-state index is 12.2. The van der Waals surface area contributed by atoms with Gasteiger partial charge in [-0.05, 0) is 72.9 Å². The van der Waals surface area contributed by atoms with Crippen molar-refractivity contribution in [2.24, 2.45) is 5.73 Å². The van der Waals surface area contributed by atoms with Crippen LogP contribution in [0.15, 0.2) is 72.8 Å². The molecule has 34 heavy (non-hydrogen) atoms. The lowest BCUT2D eigenvalue weighted by molar-refractivity contribution is 0.0698. The summed E-state index contributed by atoms with van der Waals surface area (Å²) in [6.07, 6.45) is 5.13. The molecule has 5 nitrogen and oxygen atoms in total. The molecule has 1 amide bonds. The number of fused-ring (bicyclic) bond motifs is 3. The molecule has 172 valence electrons. The van der Waals surface area contributed by atoms with Crippen molar-refractivity contribution in [1.29, 1.82) is 0 Å². The summed E-state index contributed by atoms with van der Waals surface area (Å²) in [4.78, 5) is 23.9. The molecule has 0 saturated carbocycles. The molecule has 0 aliphatic heterocycles. The third-order valence-electron chi connectivity index (χ3n) is 7.01. The lowest BCUT2D eigenvalue weighted by Crippen LogP contribution is -2.15. The Hall–Kier alpha value is -3.86. The molecule has 1 aliphatic rings. The predicted molar refractivity (Wildman–Crippen MR) is 133 cm³/mol. The number of benzene rings is 3. The third kappa shape index (κ3) is 4.10. The normalized spacial score (nSPS) is 15.2. The first-order valence-electron chi connectivity index (χ1n) is 11.8. The van der Waals surface area contributed by atoms with Crippen LogP contribution in [-0.4, -0.2) is 21.6 Å². The Balaban J connectivity index is 1.61. The molecule has 1 heterocycles. The van der Waals surface area contributed by atoms with E-state index in [-0.39, 0.29) is 0 Å². The van der Waals surface area contributed by atoms with Crippen molar-refractivity contribution >= 4 is 22.8 Å². The van der Waals surface area contributed by atoms with Crippen LogP contribution in [0, 0.1) is 0 Å². The SMILES string of the molecule is NC(=O)c1cccc(Cn2c3c(c4cccc(C(=O)O)c42)C(CCc2ccccc2)CCC3)c1. The maximum absolute atomic E-state index is 12.2. The molecular weight excluding hydrogens is 424 g/mol. The number of carbonyl (C=O) groups excluding carboxylic acids is 1. The molecule has 1 unspecified atom stereocenters. The summed E-state index contributed by atoms with van der Waals surface area (Å²) in [6.45, 7) is 0.503. The average molecular weight is 453 g/mol. The van der Waals surface area contributed by atoms with E-state index < -0.39 is 11.9 Å². The van der Waals surface area contributed by atoms with Crippen LogP contribution >= 0.6 is 0 Å². The topological polar surface area (TPSA) is 85.3 Å². The van der Waals surface area contributed by atoms with Crippen LogP contribution in [0.3, 0.4) is 0 Å². The van der Waals surface area contributed by atoms with E-state index in [9.17, 15) is 14.7 Å². The minimum absolute atomic E-state index is 0.319. The number of nitrogens with two attached hydrogens (primary N) is 1. The Morgan fingerprint density at radius 3 is 2.50 bits per heavy atom. The van der Waals surface area contributed by atoms with Gasteiger partial charge in [0.05, 0.1) is 11.1 Å². The molecule has 1 aliphatic carbocycles. The summed E-state index contributed by atoms with van der Waals surface area (Å²) >= 11 is 0. The van der Waals surface area contributed by atoms with Crippen LogP contribution in [0.4, 0.5) is 0 Å². The third-order valence-corrected chi connectivity index (χ3v) is 7.01. The molecule has 0 fully saturated rings. The Labute approximate surface area is 198 Å². The van der Waals surface area contributed by atoms with E-state index in [2.05, 4.69) is 34.9 Å². The van der Waals surface area contributed by atoms with Gasteiger partial charge in [-0.25, -0.2) is 4.79 Å². The predicted octanol–water partition coefficient (Wildman–Crippen LogP) is 5.54. The van der Waals surface area contributed by atoms with E-state index in [0.29, 0.717) is 23.6 Å². The number of hydrogen-bond donors (Lipinski definition) is 2. The fourth-order valence-electron chi connectivity index (χ4n) is 5.50. The van der Waals surface area contributed by atoms with E-state index in [1.54, 1.807) is 18.2 Å². The Bertz CT molecular complexity index is 1370. The summed E-state index contributed by atoms with van der Waals surface area (Å²) in [5.41, 5.74) is 11.8. The van der Waals surface area contributed by atoms with Gasteiger partial charge in [0.2, 0.25) is 5.91 Å². The fraction of sp³-hybridized carbons (Fsp3) is 0.241. The molecule has 4 aromatic rings. The number of rotatable bonds is 7. The summed E-state index contributed by atoms with van der Waals surface area (Å²) in [7, 11) is 0. The zero-order chi connectivity index (χ0) is 23.7. The zero-order valence-electron chi connectivity index (χ0n) is 19.0. The van der Waals surface area contributed by atoms with Crippen LogP contribution in [0.2, 0.25) is 0 Å². The van der Waals surface area contributed by atoms with Gasteiger partial charge in [-0.2, -0.15) is 0 Å². The molecule has 0 spiro atoms. The first-order valence-corrected chi connectivity index (χ1v) is 11.8. The molecule has 0 radical (unpaired) electrons. The summed E-state index contributed by atoms with van der Waals surface area (Å²) in [5, 5.41) is 11.0. The lowest BCUT2D eigenvalue weighted by atomic mass is 9.81. The number of carbonyl (C=O) groups is 2. The first-order chi connectivity index (χ1) is 16.5. The Morgan fingerprint density at radius 1 is 0.971 bits per heavy atom. The van der Waals surface area contributed by atoms with Gasteiger partial charge in [0.1, 0.15) is 0 Å². The van der Waals surface area contributed by atoms with Crippen molar-refractivity contribution in [3.05, 3.63) is 106 Å². The van der Waals surface area contributed by atoms with Crippen LogP contribution in [0.25, 0.3) is 10.9 Å². The van der Waals surface area contributed by atoms with Gasteiger partial charge in [-0.15, -0.1) is 0 Å². The number of aryl methyl sites for hydroxylation is 1. The molecule has 5 heteroatoms. The molecule has 3 N–H and O–H groups in total. The highest BCUT2D eigenvalue weighted by Crippen LogP contribution is 2.42. The number of carboxylic acids is 1. The summed E-state index contributed by atoms with van der Waals surface area (Å²) < 4.78 is 2.17. The van der Waals surface area contributed by atoms with Gasteiger partial charge in [-0.1, -0.05) is 54.6 Å². The standard InChI is InChI=1S/C29H28N2O3/c30-28(32)22-11-4-9-20(17-22)18-31-25-14-5-10-21(16-15-19-7-2-1-3-8-19)26(25)23-12-6-13-24(27(23)31)29(33)34/h1-4,6-9,11-13,17,21H,5,10,14-16,18H2,(H2,30,32)(H,33,34). The van der Waals surface area contributed by atoms with Gasteiger partial charge >= 0.3 is 5.97 Å². The number of hydrogen-bond acceptors (Lipinski definition) is 2. The van der Waals surface area contributed by atoms with Crippen molar-refractivity contribution < 1.29 is 14.7 Å². The van der Waals surface area contributed by atoms with E-state index in [1.165, 1.54) is 16.8 Å². The highest BCUT2D eigenvalue weighted by Gasteiger charge is 2.29. The second-order valence-electron chi connectivity index (χ2n) is 9.13. The van der Waals surface area contributed by atoms with Crippen molar-refractivity contribution in [3.8, 4) is 0 Å². The molecule has 5 rings (SSSR count). The number of carboxylic acid groups (broad SMARTS) is 1. The Kier molecular flexibility index (Phi) is 5.93. The van der Waals surface area contributed by atoms with E-state index >= 15 is 0 Å². The van der Waals surface area contributed by atoms with E-state index in [1.807, 2.05) is 24.3 Å². The molecule has 3 aromatic carbocycles. The number of para-hydroxylation sites is 1. The molecule has 1 atom stereocenters. The van der Waals surface area contributed by atoms with Gasteiger partial charge in [0.25, 0.3) is 0 Å². The van der Waals surface area contributed by atoms with Crippen molar-refractivity contribution in [2.75, 3.05) is 0 Å². The fourth-order valence-corrected chi connectivity index (χ4v) is 5.50. The van der Waals surface area contributed by atoms with Crippen LogP contribution < -0.4 is 5.73 Å². The number of aromatic nitrogens is 1. The number of aromatic carboxylic acids is 1. The monoisotopic (exact) mass is 452 g/mol. The van der Waals surface area contributed by atoms with Crippen molar-refractivity contribution in [3.63, 3.8) is 0 Å². The zero-order valence-corrected chi connectivity index (χ0v) is 19.0. The smallest absolute Gasteiger partial charge is 0.337 e. The second kappa shape index (κ2) is 9.18. The highest BCUT2D eigenvalue weighted by atomic mass is 16.4. The van der Waals surface area contributed by atoms with E-state index in [4.69, 9.17) is 5.73 Å². The largest absolute Gasteiger partial charge is 0.478 e. The van der Waals surface area contributed by atoms with Crippen LogP contribution in [0.5, 0.6) is 0 Å². The van der Waals surface area contributed by atoms with E-state index in [0.717, 1.165) is 48.6 Å². The second-order valence-corrected chi connectivity index (χ2v) is 9.13. The minimum atomic E-state index is -0.923. The number of nitrogens with zero attached hydrogens (tertiary/aromatic N) is 1. The number of amides is 1. The first kappa shape index (κ1) is 22.0. The van der Waals surface area contributed by atoms with Crippen molar-refractivity contribution in [1.82, 2.24) is 4.57 Å². The highest BCUT2D eigenvalue weighted by molar-refractivity contribution is 6.04. The Morgan fingerprint density at radius 2 is 1.74 bits per heavy atom. The van der Waals surface area contributed by atoms with Crippen LogP contribution in [0.1, 0.15) is 68.3 Å². The summed E-state index contributed by atoms with van der Waals surface area (Å²) in [6, 6.07) is 23.4.